The van der Waals surface area contributed by atoms with Crippen molar-refractivity contribution in [1.29, 1.82) is 0 Å². The van der Waals surface area contributed by atoms with Crippen molar-refractivity contribution in [3.05, 3.63) is 59.5 Å². The number of anilines is 1. The highest BCUT2D eigenvalue weighted by atomic mass is 19.4. The summed E-state index contributed by atoms with van der Waals surface area (Å²) in [5, 5.41) is 3.87. The Morgan fingerprint density at radius 1 is 1.17 bits per heavy atom. The van der Waals surface area contributed by atoms with Gasteiger partial charge in [-0.2, -0.15) is 18.2 Å². The highest BCUT2D eigenvalue weighted by molar-refractivity contribution is 5.97. The van der Waals surface area contributed by atoms with Crippen molar-refractivity contribution in [2.45, 2.75) is 25.4 Å². The first kappa shape index (κ1) is 19.9. The van der Waals surface area contributed by atoms with E-state index in [-0.39, 0.29) is 30.0 Å². The first-order valence-electron chi connectivity index (χ1n) is 9.22. The lowest BCUT2D eigenvalue weighted by molar-refractivity contribution is -0.137. The number of hydrogen-bond acceptors (Lipinski definition) is 5. The summed E-state index contributed by atoms with van der Waals surface area (Å²) >= 11 is 0. The number of alkyl halides is 3. The number of aromatic nitrogens is 2. The average molecular weight is 417 g/mol. The van der Waals surface area contributed by atoms with E-state index >= 15 is 0 Å². The van der Waals surface area contributed by atoms with E-state index < -0.39 is 11.7 Å². The van der Waals surface area contributed by atoms with Gasteiger partial charge in [-0.1, -0.05) is 23.4 Å². The van der Waals surface area contributed by atoms with Crippen LogP contribution in [0.1, 0.15) is 29.4 Å². The van der Waals surface area contributed by atoms with Crippen LogP contribution in [-0.2, 0) is 11.0 Å². The Kier molecular flexibility index (Phi) is 4.97. The smallest absolute Gasteiger partial charge is 0.416 e. The van der Waals surface area contributed by atoms with Crippen molar-refractivity contribution in [1.82, 2.24) is 10.1 Å². The van der Waals surface area contributed by atoms with Gasteiger partial charge in [-0.25, -0.2) is 0 Å². The maximum atomic E-state index is 12.7. The lowest BCUT2D eigenvalue weighted by Crippen LogP contribution is -2.25. The second-order valence-electron chi connectivity index (χ2n) is 7.09. The van der Waals surface area contributed by atoms with E-state index in [4.69, 9.17) is 9.26 Å². The Hall–Kier alpha value is -3.36. The van der Waals surface area contributed by atoms with Crippen molar-refractivity contribution >= 4 is 11.6 Å². The topological polar surface area (TPSA) is 68.5 Å². The van der Waals surface area contributed by atoms with Gasteiger partial charge in [-0.05, 0) is 30.7 Å². The summed E-state index contributed by atoms with van der Waals surface area (Å²) in [5.74, 6) is 0.724. The van der Waals surface area contributed by atoms with E-state index in [1.807, 2.05) is 19.1 Å². The summed E-state index contributed by atoms with van der Waals surface area (Å²) in [6.07, 6.45) is -4.21. The lowest BCUT2D eigenvalue weighted by atomic mass is 10.1. The van der Waals surface area contributed by atoms with Crippen LogP contribution in [0.3, 0.4) is 0 Å². The Balaban J connectivity index is 1.54. The van der Waals surface area contributed by atoms with E-state index in [1.165, 1.54) is 12.1 Å². The van der Waals surface area contributed by atoms with Gasteiger partial charge in [0.15, 0.2) is 0 Å². The molecule has 1 aliphatic heterocycles. The van der Waals surface area contributed by atoms with Gasteiger partial charge < -0.3 is 14.2 Å². The molecule has 156 valence electrons. The zero-order chi connectivity index (χ0) is 21.5. The molecule has 6 nitrogen and oxygen atoms in total. The van der Waals surface area contributed by atoms with Crippen molar-refractivity contribution in [2.75, 3.05) is 18.6 Å². The van der Waals surface area contributed by atoms with Gasteiger partial charge in [0.25, 0.3) is 0 Å². The van der Waals surface area contributed by atoms with E-state index in [1.54, 1.807) is 18.1 Å². The fourth-order valence-electron chi connectivity index (χ4n) is 3.44. The van der Waals surface area contributed by atoms with Crippen LogP contribution < -0.4 is 9.64 Å². The Morgan fingerprint density at radius 3 is 2.57 bits per heavy atom. The molecule has 4 rings (SSSR count). The molecule has 2 heterocycles. The zero-order valence-electron chi connectivity index (χ0n) is 16.2. The second-order valence-corrected chi connectivity index (χ2v) is 7.09. The molecule has 2 aromatic carbocycles. The van der Waals surface area contributed by atoms with E-state index in [9.17, 15) is 18.0 Å². The predicted molar refractivity (Wildman–Crippen MR) is 102 cm³/mol. The predicted octanol–water partition coefficient (Wildman–Crippen LogP) is 4.59. The maximum Gasteiger partial charge on any atom is 0.416 e. The number of benzene rings is 2. The maximum absolute atomic E-state index is 12.7. The molecule has 0 aliphatic carbocycles. The quantitative estimate of drug-likeness (QED) is 0.621. The highest BCUT2D eigenvalue weighted by Gasteiger charge is 2.36. The minimum atomic E-state index is -4.41. The van der Waals surface area contributed by atoms with Crippen molar-refractivity contribution in [2.24, 2.45) is 0 Å². The lowest BCUT2D eigenvalue weighted by Gasteiger charge is -2.19. The SMILES string of the molecule is COc1ccc(C)c(N2CC(c3nc(-c4ccc(C(F)(F)F)cc4)no3)CC2=O)c1. The molecule has 1 amide bonds. The molecule has 1 aliphatic rings. The average Bonchev–Trinajstić information content (AvgIpc) is 3.35. The fourth-order valence-corrected chi connectivity index (χ4v) is 3.44. The minimum Gasteiger partial charge on any atom is -0.497 e. The second kappa shape index (κ2) is 7.47. The largest absolute Gasteiger partial charge is 0.497 e. The summed E-state index contributed by atoms with van der Waals surface area (Å²) in [5.41, 5.74) is 1.34. The molecule has 0 N–H and O–H groups in total. The molecule has 1 unspecified atom stereocenters. The minimum absolute atomic E-state index is 0.0781. The van der Waals surface area contributed by atoms with Crippen LogP contribution in [0, 0.1) is 6.92 Å². The van der Waals surface area contributed by atoms with E-state index in [0.717, 1.165) is 23.4 Å². The van der Waals surface area contributed by atoms with Gasteiger partial charge in [-0.3, -0.25) is 4.79 Å². The fraction of sp³-hybridized carbons (Fsp3) is 0.286. The molecule has 0 saturated carbocycles. The summed E-state index contributed by atoms with van der Waals surface area (Å²) in [7, 11) is 1.56. The highest BCUT2D eigenvalue weighted by Crippen LogP contribution is 2.35. The Labute approximate surface area is 170 Å². The number of ether oxygens (including phenoxy) is 1. The van der Waals surface area contributed by atoms with Crippen LogP contribution in [0.4, 0.5) is 18.9 Å². The van der Waals surface area contributed by atoms with Crippen molar-refractivity contribution in [3.8, 4) is 17.1 Å². The number of aryl methyl sites for hydroxylation is 1. The molecule has 0 spiro atoms. The molecular weight excluding hydrogens is 399 g/mol. The summed E-state index contributed by atoms with van der Waals surface area (Å²) in [6, 6.07) is 10.0. The van der Waals surface area contributed by atoms with Crippen LogP contribution in [-0.4, -0.2) is 29.7 Å². The molecule has 30 heavy (non-hydrogen) atoms. The molecule has 0 bridgehead atoms. The standard InChI is InChI=1S/C21H18F3N3O3/c1-12-3-8-16(29-2)10-17(12)27-11-14(9-18(27)28)20-25-19(26-30-20)13-4-6-15(7-5-13)21(22,23)24/h3-8,10,14H,9,11H2,1-2H3. The Bertz CT molecular complexity index is 1080. The van der Waals surface area contributed by atoms with Crippen molar-refractivity contribution < 1.29 is 27.2 Å². The number of methoxy groups -OCH3 is 1. The third-order valence-electron chi connectivity index (χ3n) is 5.09. The third kappa shape index (κ3) is 3.74. The molecular formula is C21H18F3N3O3. The van der Waals surface area contributed by atoms with Crippen LogP contribution in [0.2, 0.25) is 0 Å². The Morgan fingerprint density at radius 2 is 1.90 bits per heavy atom. The number of carbonyl (C=O) groups is 1. The summed E-state index contributed by atoms with van der Waals surface area (Å²) in [6.45, 7) is 2.27. The zero-order valence-corrected chi connectivity index (χ0v) is 16.2. The first-order valence-corrected chi connectivity index (χ1v) is 9.22. The van der Waals surface area contributed by atoms with Gasteiger partial charge in [0.2, 0.25) is 17.6 Å². The monoisotopic (exact) mass is 417 g/mol. The van der Waals surface area contributed by atoms with Crippen LogP contribution in [0.25, 0.3) is 11.4 Å². The first-order chi connectivity index (χ1) is 14.3. The molecule has 1 atom stereocenters. The molecule has 1 fully saturated rings. The molecule has 1 saturated heterocycles. The summed E-state index contributed by atoms with van der Waals surface area (Å²) in [4.78, 5) is 18.6. The summed E-state index contributed by atoms with van der Waals surface area (Å²) < 4.78 is 48.7. The van der Waals surface area contributed by atoms with E-state index in [2.05, 4.69) is 10.1 Å². The van der Waals surface area contributed by atoms with Gasteiger partial charge >= 0.3 is 6.18 Å². The van der Waals surface area contributed by atoms with Crippen molar-refractivity contribution in [3.63, 3.8) is 0 Å². The van der Waals surface area contributed by atoms with E-state index in [0.29, 0.717) is 17.9 Å². The van der Waals surface area contributed by atoms with Crippen LogP contribution >= 0.6 is 0 Å². The van der Waals surface area contributed by atoms with Gasteiger partial charge in [0.05, 0.1) is 24.3 Å². The molecule has 1 aromatic heterocycles. The molecule has 9 heteroatoms. The number of nitrogens with zero attached hydrogens (tertiary/aromatic N) is 3. The van der Waals surface area contributed by atoms with Crippen LogP contribution in [0.15, 0.2) is 47.0 Å². The van der Waals surface area contributed by atoms with Gasteiger partial charge in [0, 0.05) is 24.6 Å². The third-order valence-corrected chi connectivity index (χ3v) is 5.09. The van der Waals surface area contributed by atoms with Gasteiger partial charge in [-0.15, -0.1) is 0 Å². The van der Waals surface area contributed by atoms with Crippen LogP contribution in [0.5, 0.6) is 5.75 Å². The molecule has 0 radical (unpaired) electrons. The normalized spacial score (nSPS) is 16.9. The number of carbonyl (C=O) groups excluding carboxylic acids is 1. The van der Waals surface area contributed by atoms with Gasteiger partial charge in [0.1, 0.15) is 5.75 Å². The number of rotatable bonds is 4. The molecule has 3 aromatic rings. The number of amides is 1. The number of hydrogen-bond donors (Lipinski definition) is 0. The number of halogens is 3.